The van der Waals surface area contributed by atoms with Crippen molar-refractivity contribution in [2.75, 3.05) is 20.7 Å². The van der Waals surface area contributed by atoms with Crippen LogP contribution in [0.5, 0.6) is 5.75 Å². The fraction of sp³-hybridized carbons (Fsp3) is 0.500. The summed E-state index contributed by atoms with van der Waals surface area (Å²) >= 11 is 0. The number of benzene rings is 1. The van der Waals surface area contributed by atoms with Gasteiger partial charge in [-0.15, -0.1) is 0 Å². The van der Waals surface area contributed by atoms with E-state index in [1.807, 2.05) is 0 Å². The molecule has 0 aliphatic carbocycles. The van der Waals surface area contributed by atoms with Gasteiger partial charge in [-0.25, -0.2) is 8.78 Å². The van der Waals surface area contributed by atoms with Crippen molar-refractivity contribution in [3.63, 3.8) is 0 Å². The largest absolute Gasteiger partial charge is 0.494 e. The number of nitriles is 1. The molecule has 104 valence electrons. The summed E-state index contributed by atoms with van der Waals surface area (Å²) in [5.41, 5.74) is -0.287. The first-order chi connectivity index (χ1) is 8.79. The zero-order valence-corrected chi connectivity index (χ0v) is 11.6. The van der Waals surface area contributed by atoms with Crippen LogP contribution < -0.4 is 4.74 Å². The molecular formula is C14H18F2N2O. The molecule has 1 aromatic carbocycles. The lowest BCUT2D eigenvalue weighted by atomic mass is 9.95. The second-order valence-electron chi connectivity index (χ2n) is 5.25. The average Bonchev–Trinajstić information content (AvgIpc) is 2.32. The van der Waals surface area contributed by atoms with Gasteiger partial charge in [-0.1, -0.05) is 0 Å². The van der Waals surface area contributed by atoms with E-state index in [1.54, 1.807) is 25.8 Å². The Balaban J connectivity index is 2.83. The van der Waals surface area contributed by atoms with Crippen LogP contribution in [0, 0.1) is 28.4 Å². The average molecular weight is 268 g/mol. The summed E-state index contributed by atoms with van der Waals surface area (Å²) in [5.74, 6) is -1.21. The first-order valence-electron chi connectivity index (χ1n) is 5.91. The third-order valence-corrected chi connectivity index (χ3v) is 2.73. The van der Waals surface area contributed by atoms with E-state index in [0.717, 1.165) is 12.1 Å². The van der Waals surface area contributed by atoms with Crippen LogP contribution in [-0.4, -0.2) is 25.6 Å². The van der Waals surface area contributed by atoms with Gasteiger partial charge in [0.05, 0.1) is 18.6 Å². The Bertz CT molecular complexity index is 495. The lowest BCUT2D eigenvalue weighted by Crippen LogP contribution is -2.30. The molecule has 0 atom stereocenters. The number of ether oxygens (including phenoxy) is 1. The second kappa shape index (κ2) is 5.98. The molecule has 0 unspecified atom stereocenters. The number of halogens is 2. The van der Waals surface area contributed by atoms with Crippen LogP contribution in [0.3, 0.4) is 0 Å². The van der Waals surface area contributed by atoms with Gasteiger partial charge in [-0.3, -0.25) is 0 Å². The van der Waals surface area contributed by atoms with Crippen LogP contribution in [0.4, 0.5) is 8.78 Å². The molecule has 0 heterocycles. The minimum absolute atomic E-state index is 0.110. The normalized spacial score (nSPS) is 11.5. The first kappa shape index (κ1) is 15.4. The summed E-state index contributed by atoms with van der Waals surface area (Å²) in [6.07, 6.45) is 0. The number of nitrogens with zero attached hydrogens (tertiary/aromatic N) is 2. The zero-order chi connectivity index (χ0) is 14.6. The Kier molecular flexibility index (Phi) is 4.84. The Labute approximate surface area is 112 Å². The van der Waals surface area contributed by atoms with Crippen molar-refractivity contribution in [3.8, 4) is 11.8 Å². The van der Waals surface area contributed by atoms with E-state index in [4.69, 9.17) is 10.00 Å². The molecule has 1 rings (SSSR count). The van der Waals surface area contributed by atoms with Crippen molar-refractivity contribution in [2.24, 2.45) is 5.41 Å². The highest BCUT2D eigenvalue weighted by molar-refractivity contribution is 5.30. The fourth-order valence-electron chi connectivity index (χ4n) is 1.90. The van der Waals surface area contributed by atoms with E-state index in [2.05, 4.69) is 6.07 Å². The molecule has 0 aromatic heterocycles. The molecule has 0 saturated carbocycles. The van der Waals surface area contributed by atoms with Crippen molar-refractivity contribution in [2.45, 2.75) is 20.4 Å². The second-order valence-corrected chi connectivity index (χ2v) is 5.25. The molecule has 0 aliphatic heterocycles. The Morgan fingerprint density at radius 1 is 1.32 bits per heavy atom. The standard InChI is InChI=1S/C14H18F2N2O/c1-14(2,8-17)9-18(3)7-10-5-12(16)13(19-4)6-11(10)15/h5-6H,7,9H2,1-4H3. The van der Waals surface area contributed by atoms with Gasteiger partial charge in [0.25, 0.3) is 0 Å². The highest BCUT2D eigenvalue weighted by Gasteiger charge is 2.20. The molecule has 3 nitrogen and oxygen atoms in total. The molecule has 1 aromatic rings. The Morgan fingerprint density at radius 3 is 2.47 bits per heavy atom. The third-order valence-electron chi connectivity index (χ3n) is 2.73. The van der Waals surface area contributed by atoms with E-state index in [1.165, 1.54) is 7.11 Å². The highest BCUT2D eigenvalue weighted by atomic mass is 19.1. The summed E-state index contributed by atoms with van der Waals surface area (Å²) in [7, 11) is 3.06. The molecule has 0 saturated heterocycles. The predicted molar refractivity (Wildman–Crippen MR) is 68.6 cm³/mol. The summed E-state index contributed by atoms with van der Waals surface area (Å²) in [6.45, 7) is 4.30. The predicted octanol–water partition coefficient (Wildman–Crippen LogP) is 2.95. The van der Waals surface area contributed by atoms with Crippen molar-refractivity contribution < 1.29 is 13.5 Å². The van der Waals surface area contributed by atoms with Crippen LogP contribution >= 0.6 is 0 Å². The zero-order valence-electron chi connectivity index (χ0n) is 11.6. The number of methoxy groups -OCH3 is 1. The molecular weight excluding hydrogens is 250 g/mol. The minimum Gasteiger partial charge on any atom is -0.494 e. The van der Waals surface area contributed by atoms with Crippen LogP contribution in [0.2, 0.25) is 0 Å². The van der Waals surface area contributed by atoms with E-state index in [9.17, 15) is 8.78 Å². The maximum absolute atomic E-state index is 13.8. The van der Waals surface area contributed by atoms with Gasteiger partial charge in [-0.05, 0) is 27.0 Å². The van der Waals surface area contributed by atoms with Gasteiger partial charge < -0.3 is 9.64 Å². The summed E-state index contributed by atoms with van der Waals surface area (Å²) in [5, 5.41) is 8.95. The molecule has 0 bridgehead atoms. The third kappa shape index (κ3) is 4.18. The number of hydrogen-bond acceptors (Lipinski definition) is 3. The summed E-state index contributed by atoms with van der Waals surface area (Å²) in [6, 6.07) is 4.34. The minimum atomic E-state index is -0.591. The molecule has 0 fully saturated rings. The van der Waals surface area contributed by atoms with Gasteiger partial charge in [-0.2, -0.15) is 5.26 Å². The lowest BCUT2D eigenvalue weighted by Gasteiger charge is -2.24. The highest BCUT2D eigenvalue weighted by Crippen LogP contribution is 2.23. The quantitative estimate of drug-likeness (QED) is 0.823. The first-order valence-corrected chi connectivity index (χ1v) is 5.91. The van der Waals surface area contributed by atoms with Crippen molar-refractivity contribution in [1.82, 2.24) is 4.90 Å². The number of rotatable bonds is 5. The smallest absolute Gasteiger partial charge is 0.165 e. The maximum atomic E-state index is 13.8. The van der Waals surface area contributed by atoms with Crippen LogP contribution in [0.25, 0.3) is 0 Å². The van der Waals surface area contributed by atoms with E-state index >= 15 is 0 Å². The molecule has 0 radical (unpaired) electrons. The SMILES string of the molecule is COc1cc(F)c(CN(C)CC(C)(C)C#N)cc1F. The molecule has 19 heavy (non-hydrogen) atoms. The lowest BCUT2D eigenvalue weighted by molar-refractivity contribution is 0.245. The van der Waals surface area contributed by atoms with Gasteiger partial charge in [0, 0.05) is 24.7 Å². The maximum Gasteiger partial charge on any atom is 0.165 e. The van der Waals surface area contributed by atoms with Crippen molar-refractivity contribution in [1.29, 1.82) is 5.26 Å². The van der Waals surface area contributed by atoms with Gasteiger partial charge in [0.2, 0.25) is 0 Å². The molecule has 0 spiro atoms. The van der Waals surface area contributed by atoms with Gasteiger partial charge in [0.15, 0.2) is 11.6 Å². The topological polar surface area (TPSA) is 36.3 Å². The fourth-order valence-corrected chi connectivity index (χ4v) is 1.90. The van der Waals surface area contributed by atoms with Crippen molar-refractivity contribution in [3.05, 3.63) is 29.3 Å². The summed E-state index contributed by atoms with van der Waals surface area (Å²) in [4.78, 5) is 1.79. The number of hydrogen-bond donors (Lipinski definition) is 0. The monoisotopic (exact) mass is 268 g/mol. The Morgan fingerprint density at radius 2 is 1.95 bits per heavy atom. The van der Waals surface area contributed by atoms with Crippen LogP contribution in [-0.2, 0) is 6.54 Å². The van der Waals surface area contributed by atoms with E-state index in [0.29, 0.717) is 6.54 Å². The van der Waals surface area contributed by atoms with Crippen LogP contribution in [0.1, 0.15) is 19.4 Å². The Hall–Kier alpha value is -1.67. The molecule has 0 N–H and O–H groups in total. The molecule has 0 amide bonds. The molecule has 5 heteroatoms. The summed E-state index contributed by atoms with van der Waals surface area (Å²) < 4.78 is 32.0. The van der Waals surface area contributed by atoms with E-state index in [-0.39, 0.29) is 17.9 Å². The van der Waals surface area contributed by atoms with E-state index < -0.39 is 17.0 Å². The van der Waals surface area contributed by atoms with Crippen LogP contribution in [0.15, 0.2) is 12.1 Å². The van der Waals surface area contributed by atoms with Gasteiger partial charge >= 0.3 is 0 Å². The molecule has 0 aliphatic rings. The van der Waals surface area contributed by atoms with Crippen molar-refractivity contribution >= 4 is 0 Å². The van der Waals surface area contributed by atoms with Gasteiger partial charge in [0.1, 0.15) is 5.82 Å².